The van der Waals surface area contributed by atoms with Gasteiger partial charge >= 0.3 is 6.01 Å². The van der Waals surface area contributed by atoms with Crippen LogP contribution in [0.15, 0.2) is 12.1 Å². The van der Waals surface area contributed by atoms with Crippen LogP contribution in [0.5, 0.6) is 11.8 Å². The predicted molar refractivity (Wildman–Crippen MR) is 186 cm³/mol. The number of halogens is 4. The Hall–Kier alpha value is -4.06. The first kappa shape index (κ1) is 33.1. The third kappa shape index (κ3) is 5.19. The fourth-order valence-corrected chi connectivity index (χ4v) is 9.92. The molecule has 3 aliphatic heterocycles. The summed E-state index contributed by atoms with van der Waals surface area (Å²) < 4.78 is 59.6. The number of thiophene rings is 1. The minimum atomic E-state index is -0.963. The van der Waals surface area contributed by atoms with Gasteiger partial charge in [-0.3, -0.25) is 9.69 Å². The second-order valence-corrected chi connectivity index (χ2v) is 15.1. The van der Waals surface area contributed by atoms with Crippen molar-refractivity contribution in [3.63, 3.8) is 0 Å². The van der Waals surface area contributed by atoms with E-state index in [1.807, 2.05) is 11.0 Å². The number of hydrogen-bond acceptors (Lipinski definition) is 10. The number of carbonyl (C=O) groups is 1. The molecule has 1 amide bonds. The van der Waals surface area contributed by atoms with Crippen molar-refractivity contribution in [3.8, 4) is 29.0 Å². The number of fused-ring (bicyclic) bond motifs is 2. The number of aromatic nitrogens is 2. The van der Waals surface area contributed by atoms with E-state index in [0.29, 0.717) is 31.7 Å². The minimum Gasteiger partial charge on any atom is -0.489 e. The van der Waals surface area contributed by atoms with Crippen molar-refractivity contribution in [1.29, 1.82) is 5.26 Å². The molecule has 3 fully saturated rings. The molecule has 15 heteroatoms. The smallest absolute Gasteiger partial charge is 0.319 e. The van der Waals surface area contributed by atoms with Crippen LogP contribution in [0.1, 0.15) is 50.5 Å². The minimum absolute atomic E-state index is 0.0199. The van der Waals surface area contributed by atoms with E-state index in [0.717, 1.165) is 50.0 Å². The molecule has 4 aromatic rings. The van der Waals surface area contributed by atoms with Crippen LogP contribution in [0.25, 0.3) is 32.1 Å². The number of nitrogen functional groups attached to an aromatic ring is 1. The van der Waals surface area contributed by atoms with Gasteiger partial charge in [-0.2, -0.15) is 15.2 Å². The molecule has 2 aromatic heterocycles. The Balaban J connectivity index is 1.32. The Morgan fingerprint density at radius 2 is 2.10 bits per heavy atom. The third-order valence-corrected chi connectivity index (χ3v) is 12.3. The lowest BCUT2D eigenvalue weighted by atomic mass is 9.84. The van der Waals surface area contributed by atoms with E-state index in [1.54, 1.807) is 7.05 Å². The maximum Gasteiger partial charge on any atom is 0.319 e. The van der Waals surface area contributed by atoms with Crippen LogP contribution in [0, 0.1) is 28.9 Å². The summed E-state index contributed by atoms with van der Waals surface area (Å²) in [6, 6.07) is 4.39. The lowest BCUT2D eigenvalue weighted by Crippen LogP contribution is -2.44. The quantitative estimate of drug-likeness (QED) is 0.234. The molecule has 1 aliphatic carbocycles. The molecule has 4 atom stereocenters. The number of nitrogens with one attached hydrogen (secondary N) is 1. The van der Waals surface area contributed by atoms with Gasteiger partial charge in [0.25, 0.3) is 0 Å². The van der Waals surface area contributed by atoms with Crippen molar-refractivity contribution in [2.24, 2.45) is 5.92 Å². The second kappa shape index (κ2) is 12.6. The van der Waals surface area contributed by atoms with Crippen molar-refractivity contribution in [3.05, 3.63) is 34.4 Å². The van der Waals surface area contributed by atoms with E-state index >= 15 is 8.78 Å². The van der Waals surface area contributed by atoms with Gasteiger partial charge in [-0.25, -0.2) is 13.2 Å². The van der Waals surface area contributed by atoms with Crippen molar-refractivity contribution in [1.82, 2.24) is 20.2 Å². The van der Waals surface area contributed by atoms with Crippen molar-refractivity contribution in [2.45, 2.75) is 62.7 Å². The fraction of sp³-hybridized carbons (Fsp3) is 0.486. The number of alkyl halides is 1. The van der Waals surface area contributed by atoms with Gasteiger partial charge in [-0.1, -0.05) is 24.1 Å². The van der Waals surface area contributed by atoms with Gasteiger partial charge in [0.2, 0.25) is 5.91 Å². The third-order valence-electron chi connectivity index (χ3n) is 10.9. The summed E-state index contributed by atoms with van der Waals surface area (Å²) >= 11 is 7.96. The maximum atomic E-state index is 17.3. The molecule has 0 radical (unpaired) electrons. The van der Waals surface area contributed by atoms with Gasteiger partial charge < -0.3 is 25.4 Å². The number of anilines is 2. The van der Waals surface area contributed by atoms with Gasteiger partial charge in [0.15, 0.2) is 11.6 Å². The zero-order chi connectivity index (χ0) is 34.9. The highest BCUT2D eigenvalue weighted by molar-refractivity contribution is 7.23. The summed E-state index contributed by atoms with van der Waals surface area (Å²) in [5, 5.41) is 13.1. The molecule has 2 saturated heterocycles. The molecule has 262 valence electrons. The summed E-state index contributed by atoms with van der Waals surface area (Å²) in [7, 11) is 1.63. The molecule has 5 heterocycles. The SMILES string of the molecule is CNC(=O)C1CCCC(N2CCOc3c(Cl)c(-c4ccc(F)c5sc(N)c(C#N)c45)c(F)c4nc(OC[C@@]56CCCN5C[C@H](F)C6)nc2c34)C1. The molecule has 4 aliphatic rings. The van der Waals surface area contributed by atoms with Gasteiger partial charge in [-0.15, -0.1) is 11.3 Å². The number of benzene rings is 2. The molecule has 2 aromatic carbocycles. The Kier molecular flexibility index (Phi) is 8.35. The van der Waals surface area contributed by atoms with E-state index in [-0.39, 0.29) is 90.5 Å². The highest BCUT2D eigenvalue weighted by Crippen LogP contribution is 2.51. The number of nitriles is 1. The highest BCUT2D eigenvalue weighted by Gasteiger charge is 2.49. The van der Waals surface area contributed by atoms with Crippen LogP contribution < -0.4 is 25.4 Å². The average molecular weight is 726 g/mol. The number of hydrogen-bond donors (Lipinski definition) is 2. The van der Waals surface area contributed by atoms with Crippen molar-refractivity contribution >= 4 is 60.7 Å². The lowest BCUT2D eigenvalue weighted by Gasteiger charge is -2.37. The first-order chi connectivity index (χ1) is 24.1. The summed E-state index contributed by atoms with van der Waals surface area (Å²) in [6.07, 6.45) is 3.96. The predicted octanol–water partition coefficient (Wildman–Crippen LogP) is 6.36. The topological polar surface area (TPSA) is 130 Å². The number of amides is 1. The van der Waals surface area contributed by atoms with Crippen LogP contribution in [-0.4, -0.2) is 78.4 Å². The largest absolute Gasteiger partial charge is 0.489 e. The Bertz CT molecular complexity index is 2090. The Morgan fingerprint density at radius 3 is 2.90 bits per heavy atom. The Labute approximate surface area is 295 Å². The van der Waals surface area contributed by atoms with Crippen molar-refractivity contribution < 1.29 is 27.4 Å². The number of nitrogens with zero attached hydrogens (tertiary/aromatic N) is 5. The van der Waals surface area contributed by atoms with E-state index < -0.39 is 23.3 Å². The van der Waals surface area contributed by atoms with Gasteiger partial charge in [0.05, 0.1) is 32.8 Å². The van der Waals surface area contributed by atoms with Crippen LogP contribution in [0.3, 0.4) is 0 Å². The summed E-state index contributed by atoms with van der Waals surface area (Å²) in [6.45, 7) is 1.77. The molecule has 0 spiro atoms. The molecule has 2 unspecified atom stereocenters. The molecular formula is C35H35ClF3N7O3S. The average Bonchev–Trinajstić information content (AvgIpc) is 3.71. The fourth-order valence-electron chi connectivity index (χ4n) is 8.63. The van der Waals surface area contributed by atoms with E-state index in [4.69, 9.17) is 31.8 Å². The summed E-state index contributed by atoms with van der Waals surface area (Å²) in [4.78, 5) is 26.3. The number of rotatable bonds is 6. The first-order valence-electron chi connectivity index (χ1n) is 16.9. The highest BCUT2D eigenvalue weighted by atomic mass is 35.5. The molecule has 50 heavy (non-hydrogen) atoms. The van der Waals surface area contributed by atoms with Gasteiger partial charge in [0.1, 0.15) is 47.6 Å². The molecule has 1 saturated carbocycles. The van der Waals surface area contributed by atoms with Crippen molar-refractivity contribution in [2.75, 3.05) is 50.5 Å². The lowest BCUT2D eigenvalue weighted by molar-refractivity contribution is -0.125. The zero-order valence-electron chi connectivity index (χ0n) is 27.3. The molecule has 0 bridgehead atoms. The standard InChI is InChI=1S/C35H35ClF3N7O3S/c1-42-33(47)17-4-2-5-19(12-17)46-10-11-48-29-25-28(43-34(44-32(25)46)49-16-35-8-3-9-45(35)15-18(37)13-35)27(39)24(26(29)36)20-6-7-22(38)30-23(20)21(14-40)31(41)50-30/h6-7,17-19H,2-5,8-13,15-16,41H2,1H3,(H,42,47)/t17?,18-,19?,35+/m1/s1. The Morgan fingerprint density at radius 1 is 1.26 bits per heavy atom. The first-order valence-corrected chi connectivity index (χ1v) is 18.1. The summed E-state index contributed by atoms with van der Waals surface area (Å²) in [5.41, 5.74) is 5.55. The molecule has 10 nitrogen and oxygen atoms in total. The second-order valence-electron chi connectivity index (χ2n) is 13.7. The molecule has 8 rings (SSSR count). The normalized spacial score (nSPS) is 25.0. The van der Waals surface area contributed by atoms with E-state index in [1.165, 1.54) is 12.1 Å². The van der Waals surface area contributed by atoms with E-state index in [9.17, 15) is 14.4 Å². The number of carbonyl (C=O) groups excluding carboxylic acids is 1. The molecular weight excluding hydrogens is 691 g/mol. The zero-order valence-corrected chi connectivity index (χ0v) is 28.9. The van der Waals surface area contributed by atoms with Crippen LogP contribution in [0.4, 0.5) is 24.0 Å². The molecule has 3 N–H and O–H groups in total. The van der Waals surface area contributed by atoms with E-state index in [2.05, 4.69) is 15.2 Å². The monoisotopic (exact) mass is 725 g/mol. The van der Waals surface area contributed by atoms with Crippen LogP contribution in [-0.2, 0) is 4.79 Å². The van der Waals surface area contributed by atoms with Crippen LogP contribution >= 0.6 is 22.9 Å². The number of nitrogens with two attached hydrogens (primary N) is 1. The number of ether oxygens (including phenoxy) is 2. The van der Waals surface area contributed by atoms with Gasteiger partial charge in [-0.05, 0) is 50.3 Å². The maximum absolute atomic E-state index is 17.3. The van der Waals surface area contributed by atoms with Gasteiger partial charge in [0, 0.05) is 42.9 Å². The van der Waals surface area contributed by atoms with Crippen LogP contribution in [0.2, 0.25) is 5.02 Å². The summed E-state index contributed by atoms with van der Waals surface area (Å²) in [5.74, 6) is -1.14.